The monoisotopic (exact) mass is 348 g/mol. The summed E-state index contributed by atoms with van der Waals surface area (Å²) in [6, 6.07) is 2.06. The number of primary amides is 1. The van der Waals surface area contributed by atoms with E-state index in [2.05, 4.69) is 5.32 Å². The maximum atomic E-state index is 12.4. The molecule has 1 aliphatic rings. The molecule has 0 spiro atoms. The maximum absolute atomic E-state index is 12.4. The molecule has 6 N–H and O–H groups in total. The van der Waals surface area contributed by atoms with Crippen molar-refractivity contribution in [3.05, 3.63) is 33.7 Å². The number of aromatic hydroxyl groups is 3. The molecule has 0 bridgehead atoms. The van der Waals surface area contributed by atoms with E-state index in [4.69, 9.17) is 5.73 Å². The van der Waals surface area contributed by atoms with Crippen LogP contribution in [-0.2, 0) is 12.8 Å². The Morgan fingerprint density at radius 3 is 2.33 bits per heavy atom. The van der Waals surface area contributed by atoms with E-state index in [0.717, 1.165) is 48.3 Å². The predicted molar refractivity (Wildman–Crippen MR) is 88.9 cm³/mol. The van der Waals surface area contributed by atoms with Gasteiger partial charge in [-0.3, -0.25) is 9.59 Å². The van der Waals surface area contributed by atoms with Gasteiger partial charge in [0, 0.05) is 10.4 Å². The summed E-state index contributed by atoms with van der Waals surface area (Å²) in [4.78, 5) is 25.2. The summed E-state index contributed by atoms with van der Waals surface area (Å²) in [5.74, 6) is -3.14. The van der Waals surface area contributed by atoms with Crippen LogP contribution in [0.25, 0.3) is 0 Å². The Kier molecular flexibility index (Phi) is 4.06. The van der Waals surface area contributed by atoms with Crippen LogP contribution >= 0.6 is 11.3 Å². The molecule has 0 aliphatic heterocycles. The minimum Gasteiger partial charge on any atom is -0.504 e. The van der Waals surface area contributed by atoms with E-state index in [-0.39, 0.29) is 5.56 Å². The number of benzene rings is 1. The quantitative estimate of drug-likeness (QED) is 0.542. The Labute approximate surface area is 141 Å². The third kappa shape index (κ3) is 2.76. The van der Waals surface area contributed by atoms with Crippen LogP contribution in [0.2, 0.25) is 0 Å². The largest absolute Gasteiger partial charge is 0.504 e. The Morgan fingerprint density at radius 2 is 1.71 bits per heavy atom. The first-order chi connectivity index (χ1) is 11.4. The van der Waals surface area contributed by atoms with E-state index in [1.54, 1.807) is 0 Å². The van der Waals surface area contributed by atoms with Gasteiger partial charge in [0.25, 0.3) is 11.8 Å². The third-order valence-electron chi connectivity index (χ3n) is 3.98. The molecule has 24 heavy (non-hydrogen) atoms. The number of carbonyl (C=O) groups is 2. The molecule has 0 unspecified atom stereocenters. The van der Waals surface area contributed by atoms with Gasteiger partial charge in [0.2, 0.25) is 0 Å². The molecule has 0 saturated carbocycles. The number of carbonyl (C=O) groups excluding carboxylic acids is 2. The van der Waals surface area contributed by atoms with Crippen molar-refractivity contribution in [2.24, 2.45) is 5.73 Å². The smallest absolute Gasteiger partial charge is 0.256 e. The highest BCUT2D eigenvalue weighted by atomic mass is 32.1. The van der Waals surface area contributed by atoms with Gasteiger partial charge in [-0.25, -0.2) is 0 Å². The van der Waals surface area contributed by atoms with E-state index in [1.165, 1.54) is 11.3 Å². The molecular formula is C16H16N2O5S. The van der Waals surface area contributed by atoms with Crippen molar-refractivity contribution >= 4 is 28.2 Å². The van der Waals surface area contributed by atoms with E-state index in [9.17, 15) is 24.9 Å². The lowest BCUT2D eigenvalue weighted by Gasteiger charge is -2.11. The zero-order valence-electron chi connectivity index (χ0n) is 12.6. The van der Waals surface area contributed by atoms with Gasteiger partial charge in [0.15, 0.2) is 17.2 Å². The molecule has 0 radical (unpaired) electrons. The van der Waals surface area contributed by atoms with Crippen LogP contribution in [0.4, 0.5) is 5.00 Å². The average molecular weight is 348 g/mol. The van der Waals surface area contributed by atoms with Crippen LogP contribution < -0.4 is 11.1 Å². The zero-order valence-corrected chi connectivity index (χ0v) is 13.4. The Hall–Kier alpha value is -2.74. The fourth-order valence-corrected chi connectivity index (χ4v) is 4.11. The molecule has 1 heterocycles. The van der Waals surface area contributed by atoms with Crippen LogP contribution in [0.1, 0.15) is 44.0 Å². The van der Waals surface area contributed by atoms with Crippen LogP contribution in [0.3, 0.4) is 0 Å². The lowest BCUT2D eigenvalue weighted by molar-refractivity contribution is 0.100. The fourth-order valence-electron chi connectivity index (χ4n) is 2.83. The van der Waals surface area contributed by atoms with Gasteiger partial charge < -0.3 is 26.4 Å². The number of hydrogen-bond donors (Lipinski definition) is 5. The number of hydrogen-bond acceptors (Lipinski definition) is 6. The molecular weight excluding hydrogens is 332 g/mol. The second kappa shape index (κ2) is 6.04. The van der Waals surface area contributed by atoms with Crippen LogP contribution in [0.5, 0.6) is 17.2 Å². The topological polar surface area (TPSA) is 133 Å². The molecule has 3 rings (SSSR count). The van der Waals surface area contributed by atoms with Gasteiger partial charge >= 0.3 is 0 Å². The summed E-state index contributed by atoms with van der Waals surface area (Å²) in [5.41, 5.74) is 6.64. The number of nitrogens with one attached hydrogen (secondary N) is 1. The van der Waals surface area contributed by atoms with Gasteiger partial charge in [0.05, 0.1) is 5.56 Å². The minimum absolute atomic E-state index is 0.0513. The van der Waals surface area contributed by atoms with E-state index in [1.807, 2.05) is 0 Å². The molecule has 2 aromatic rings. The number of rotatable bonds is 3. The van der Waals surface area contributed by atoms with Gasteiger partial charge in [-0.2, -0.15) is 0 Å². The highest BCUT2D eigenvalue weighted by molar-refractivity contribution is 7.17. The van der Waals surface area contributed by atoms with Crippen molar-refractivity contribution in [2.45, 2.75) is 25.7 Å². The molecule has 1 aromatic carbocycles. The highest BCUT2D eigenvalue weighted by Crippen LogP contribution is 2.39. The first-order valence-corrected chi connectivity index (χ1v) is 8.20. The minimum atomic E-state index is -0.698. The number of anilines is 1. The number of nitrogens with two attached hydrogens (primary N) is 1. The van der Waals surface area contributed by atoms with Crippen LogP contribution in [-0.4, -0.2) is 27.1 Å². The van der Waals surface area contributed by atoms with Gasteiger partial charge in [-0.15, -0.1) is 11.3 Å². The average Bonchev–Trinajstić information content (AvgIpc) is 2.89. The highest BCUT2D eigenvalue weighted by Gasteiger charge is 2.25. The van der Waals surface area contributed by atoms with E-state index < -0.39 is 29.1 Å². The second-order valence-corrected chi connectivity index (χ2v) is 6.70. The van der Waals surface area contributed by atoms with Gasteiger partial charge in [0.1, 0.15) is 5.00 Å². The van der Waals surface area contributed by atoms with Gasteiger partial charge in [-0.1, -0.05) is 0 Å². The Balaban J connectivity index is 1.95. The van der Waals surface area contributed by atoms with Gasteiger partial charge in [-0.05, 0) is 43.4 Å². The predicted octanol–water partition coefficient (Wildman–Crippen LogP) is 2.09. The van der Waals surface area contributed by atoms with Crippen molar-refractivity contribution in [3.63, 3.8) is 0 Å². The summed E-state index contributed by atoms with van der Waals surface area (Å²) < 4.78 is 0. The molecule has 8 heteroatoms. The number of aryl methyl sites for hydroxylation is 1. The fraction of sp³-hybridized carbons (Fsp3) is 0.250. The second-order valence-electron chi connectivity index (χ2n) is 5.60. The molecule has 2 amide bonds. The number of fused-ring (bicyclic) bond motifs is 1. The standard InChI is InChI=1S/C16H16N2O5S/c17-14(22)12-8-3-1-2-4-11(8)24-16(12)18-15(23)7-5-9(19)13(21)10(20)6-7/h5-6,19-21H,1-4H2,(H2,17,22)(H,18,23). The normalized spacial score (nSPS) is 13.3. The summed E-state index contributed by atoms with van der Waals surface area (Å²) in [5, 5.41) is 31.3. The van der Waals surface area contributed by atoms with E-state index >= 15 is 0 Å². The Morgan fingerprint density at radius 1 is 1.08 bits per heavy atom. The molecule has 0 saturated heterocycles. The first-order valence-electron chi connectivity index (χ1n) is 7.39. The molecule has 126 valence electrons. The summed E-state index contributed by atoms with van der Waals surface area (Å²) in [6.45, 7) is 0. The first kappa shape index (κ1) is 16.1. The number of amides is 2. The summed E-state index contributed by atoms with van der Waals surface area (Å²) >= 11 is 1.32. The van der Waals surface area contributed by atoms with Crippen LogP contribution in [0.15, 0.2) is 12.1 Å². The SMILES string of the molecule is NC(=O)c1c(NC(=O)c2cc(O)c(O)c(O)c2)sc2c1CCCC2. The molecule has 7 nitrogen and oxygen atoms in total. The van der Waals surface area contributed by atoms with Crippen molar-refractivity contribution < 1.29 is 24.9 Å². The number of phenols is 3. The van der Waals surface area contributed by atoms with Crippen molar-refractivity contribution in [2.75, 3.05) is 5.32 Å². The third-order valence-corrected chi connectivity index (χ3v) is 5.18. The lowest BCUT2D eigenvalue weighted by Crippen LogP contribution is -2.18. The van der Waals surface area contributed by atoms with Crippen LogP contribution in [0, 0.1) is 0 Å². The molecule has 1 aromatic heterocycles. The van der Waals surface area contributed by atoms with Crippen molar-refractivity contribution in [1.29, 1.82) is 0 Å². The summed E-state index contributed by atoms with van der Waals surface area (Å²) in [6.07, 6.45) is 3.59. The van der Waals surface area contributed by atoms with E-state index in [0.29, 0.717) is 10.6 Å². The number of thiophene rings is 1. The van der Waals surface area contributed by atoms with Crippen molar-refractivity contribution in [3.8, 4) is 17.2 Å². The summed E-state index contributed by atoms with van der Waals surface area (Å²) in [7, 11) is 0. The molecule has 0 fully saturated rings. The molecule has 1 aliphatic carbocycles. The number of phenolic OH excluding ortho intramolecular Hbond substituents is 3. The molecule has 0 atom stereocenters. The lowest BCUT2D eigenvalue weighted by atomic mass is 9.95. The Bertz CT molecular complexity index is 820. The maximum Gasteiger partial charge on any atom is 0.256 e. The zero-order chi connectivity index (χ0) is 17.4. The van der Waals surface area contributed by atoms with Crippen molar-refractivity contribution in [1.82, 2.24) is 0 Å².